The van der Waals surface area contributed by atoms with Gasteiger partial charge in [0, 0.05) is 11.6 Å². The van der Waals surface area contributed by atoms with Gasteiger partial charge < -0.3 is 0 Å². The van der Waals surface area contributed by atoms with Gasteiger partial charge in [0.25, 0.3) is 0 Å². The van der Waals surface area contributed by atoms with Crippen LogP contribution in [0.1, 0.15) is 6.92 Å². The zero-order valence-corrected chi connectivity index (χ0v) is 8.99. The lowest BCUT2D eigenvalue weighted by atomic mass is 10.3. The fourth-order valence-corrected chi connectivity index (χ4v) is 1.91. The average molecular weight is 219 g/mol. The van der Waals surface area contributed by atoms with E-state index in [1.165, 1.54) is 11.8 Å². The molecule has 0 saturated carbocycles. The van der Waals surface area contributed by atoms with Crippen molar-refractivity contribution in [2.75, 3.05) is 5.75 Å². The molecule has 15 heavy (non-hydrogen) atoms. The molecule has 0 amide bonds. The summed E-state index contributed by atoms with van der Waals surface area (Å²) >= 11 is 1.37. The first kappa shape index (κ1) is 10.0. The molecule has 2 rings (SSSR count). The average Bonchev–Trinajstić information content (AvgIpc) is 2.26. The molecule has 2 aromatic heterocycles. The predicted octanol–water partition coefficient (Wildman–Crippen LogP) is 1.71. The molecule has 0 aromatic carbocycles. The molecule has 0 aliphatic rings. The Balaban J connectivity index is 2.38. The number of Topliss-reactive ketones (excluding diaryl/α,β-unsaturated/α-hetero) is 1. The molecule has 0 fully saturated rings. The van der Waals surface area contributed by atoms with E-state index in [0.717, 1.165) is 10.9 Å². The van der Waals surface area contributed by atoms with Crippen molar-refractivity contribution in [3.05, 3.63) is 24.5 Å². The van der Waals surface area contributed by atoms with E-state index in [4.69, 9.17) is 0 Å². The Labute approximate surface area is 91.1 Å². The molecule has 5 heteroatoms. The molecule has 0 N–H and O–H groups in total. The Hall–Kier alpha value is -1.49. The first-order valence-electron chi connectivity index (χ1n) is 4.46. The monoisotopic (exact) mass is 219 g/mol. The van der Waals surface area contributed by atoms with E-state index in [1.807, 2.05) is 12.1 Å². The van der Waals surface area contributed by atoms with Gasteiger partial charge in [-0.1, -0.05) is 11.8 Å². The third-order valence-corrected chi connectivity index (χ3v) is 2.90. The lowest BCUT2D eigenvalue weighted by Crippen LogP contribution is -1.96. The lowest BCUT2D eigenvalue weighted by Gasteiger charge is -2.00. The Kier molecular flexibility index (Phi) is 2.91. The lowest BCUT2D eigenvalue weighted by molar-refractivity contribution is -0.114. The number of pyridine rings is 1. The first-order valence-corrected chi connectivity index (χ1v) is 5.44. The maximum Gasteiger partial charge on any atom is 0.145 e. The van der Waals surface area contributed by atoms with Crippen LogP contribution in [0.25, 0.3) is 10.9 Å². The second kappa shape index (κ2) is 4.35. The molecule has 2 heterocycles. The van der Waals surface area contributed by atoms with Gasteiger partial charge in [0.15, 0.2) is 0 Å². The van der Waals surface area contributed by atoms with Crippen LogP contribution in [0.15, 0.2) is 29.6 Å². The van der Waals surface area contributed by atoms with Crippen LogP contribution in [0, 0.1) is 0 Å². The van der Waals surface area contributed by atoms with Crippen molar-refractivity contribution in [1.29, 1.82) is 0 Å². The number of hydrogen-bond acceptors (Lipinski definition) is 5. The van der Waals surface area contributed by atoms with E-state index in [2.05, 4.69) is 15.2 Å². The molecule has 0 aliphatic carbocycles. The maximum absolute atomic E-state index is 10.9. The maximum atomic E-state index is 10.9. The number of fused-ring (bicyclic) bond motifs is 1. The molecule has 0 aliphatic heterocycles. The normalized spacial score (nSPS) is 10.5. The van der Waals surface area contributed by atoms with E-state index in [1.54, 1.807) is 19.3 Å². The number of aromatic nitrogens is 3. The molecule has 2 aromatic rings. The summed E-state index contributed by atoms with van der Waals surface area (Å²) in [5, 5.41) is 9.50. The largest absolute Gasteiger partial charge is 0.299 e. The summed E-state index contributed by atoms with van der Waals surface area (Å²) in [6, 6.07) is 3.78. The molecule has 4 nitrogen and oxygen atoms in total. The minimum atomic E-state index is 0.120. The second-order valence-electron chi connectivity index (χ2n) is 3.08. The van der Waals surface area contributed by atoms with Gasteiger partial charge in [-0.25, -0.2) is 0 Å². The molecular weight excluding hydrogens is 210 g/mol. The second-order valence-corrected chi connectivity index (χ2v) is 4.05. The highest BCUT2D eigenvalue weighted by Crippen LogP contribution is 2.22. The topological polar surface area (TPSA) is 55.7 Å². The summed E-state index contributed by atoms with van der Waals surface area (Å²) in [6.45, 7) is 1.55. The quantitative estimate of drug-likeness (QED) is 0.735. The highest BCUT2D eigenvalue weighted by atomic mass is 32.2. The van der Waals surface area contributed by atoms with Crippen molar-refractivity contribution in [2.24, 2.45) is 0 Å². The van der Waals surface area contributed by atoms with Gasteiger partial charge in [0.2, 0.25) is 0 Å². The van der Waals surface area contributed by atoms with E-state index >= 15 is 0 Å². The van der Waals surface area contributed by atoms with Crippen LogP contribution in [0.3, 0.4) is 0 Å². The highest BCUT2D eigenvalue weighted by Gasteiger charge is 2.05. The zero-order chi connectivity index (χ0) is 10.7. The first-order chi connectivity index (χ1) is 7.27. The van der Waals surface area contributed by atoms with Gasteiger partial charge in [-0.05, 0) is 19.1 Å². The van der Waals surface area contributed by atoms with Crippen molar-refractivity contribution >= 4 is 28.4 Å². The van der Waals surface area contributed by atoms with Crippen molar-refractivity contribution in [3.63, 3.8) is 0 Å². The third-order valence-electron chi connectivity index (χ3n) is 1.80. The summed E-state index contributed by atoms with van der Waals surface area (Å²) in [7, 11) is 0. The van der Waals surface area contributed by atoms with E-state index < -0.39 is 0 Å². The predicted molar refractivity (Wildman–Crippen MR) is 58.7 cm³/mol. The number of rotatable bonds is 3. The molecule has 76 valence electrons. The number of carbonyl (C=O) groups is 1. The van der Waals surface area contributed by atoms with Crippen LogP contribution in [0.2, 0.25) is 0 Å². The molecule has 0 saturated heterocycles. The molecule has 0 bridgehead atoms. The van der Waals surface area contributed by atoms with Crippen LogP contribution in [-0.4, -0.2) is 26.7 Å². The van der Waals surface area contributed by atoms with Crippen LogP contribution in [0.5, 0.6) is 0 Å². The summed E-state index contributed by atoms with van der Waals surface area (Å²) < 4.78 is 0. The van der Waals surface area contributed by atoms with Gasteiger partial charge >= 0.3 is 0 Å². The summed E-state index contributed by atoms with van der Waals surface area (Å²) in [6.07, 6.45) is 3.38. The SMILES string of the molecule is CC(=O)CSc1nncc2cccnc12. The molecule has 0 spiro atoms. The van der Waals surface area contributed by atoms with Crippen molar-refractivity contribution < 1.29 is 4.79 Å². The number of carbonyl (C=O) groups excluding carboxylic acids is 1. The number of thioether (sulfide) groups is 1. The minimum absolute atomic E-state index is 0.120. The zero-order valence-electron chi connectivity index (χ0n) is 8.17. The molecular formula is C10H9N3OS. The van der Waals surface area contributed by atoms with E-state index in [0.29, 0.717) is 10.8 Å². The Morgan fingerprint density at radius 1 is 1.53 bits per heavy atom. The van der Waals surface area contributed by atoms with Crippen LogP contribution < -0.4 is 0 Å². The number of hydrogen-bond donors (Lipinski definition) is 0. The van der Waals surface area contributed by atoms with Gasteiger partial charge in [-0.3, -0.25) is 9.78 Å². The number of nitrogens with zero attached hydrogens (tertiary/aromatic N) is 3. The molecule has 0 radical (unpaired) electrons. The van der Waals surface area contributed by atoms with Gasteiger partial charge in [-0.15, -0.1) is 5.10 Å². The van der Waals surface area contributed by atoms with E-state index in [-0.39, 0.29) is 5.78 Å². The Bertz CT molecular complexity index is 495. The van der Waals surface area contributed by atoms with Crippen molar-refractivity contribution in [1.82, 2.24) is 15.2 Å². The third kappa shape index (κ3) is 2.30. The van der Waals surface area contributed by atoms with Gasteiger partial charge in [0.1, 0.15) is 16.3 Å². The fraction of sp³-hybridized carbons (Fsp3) is 0.200. The van der Waals surface area contributed by atoms with Crippen LogP contribution in [0.4, 0.5) is 0 Å². The smallest absolute Gasteiger partial charge is 0.145 e. The summed E-state index contributed by atoms with van der Waals surface area (Å²) in [4.78, 5) is 15.1. The standard InChI is InChI=1S/C10H9N3OS/c1-7(14)6-15-10-9-8(5-12-13-10)3-2-4-11-9/h2-5H,6H2,1H3. The van der Waals surface area contributed by atoms with Crippen molar-refractivity contribution in [3.8, 4) is 0 Å². The van der Waals surface area contributed by atoms with Crippen LogP contribution in [-0.2, 0) is 4.79 Å². The van der Waals surface area contributed by atoms with Crippen molar-refractivity contribution in [2.45, 2.75) is 11.9 Å². The summed E-state index contributed by atoms with van der Waals surface area (Å²) in [5.41, 5.74) is 0.804. The highest BCUT2D eigenvalue weighted by molar-refractivity contribution is 8.00. The minimum Gasteiger partial charge on any atom is -0.299 e. The van der Waals surface area contributed by atoms with Gasteiger partial charge in [-0.2, -0.15) is 5.10 Å². The van der Waals surface area contributed by atoms with Crippen LogP contribution >= 0.6 is 11.8 Å². The Morgan fingerprint density at radius 2 is 2.40 bits per heavy atom. The van der Waals surface area contributed by atoms with E-state index in [9.17, 15) is 4.79 Å². The number of ketones is 1. The Morgan fingerprint density at radius 3 is 3.20 bits per heavy atom. The summed E-state index contributed by atoms with van der Waals surface area (Å²) in [5.74, 6) is 0.527. The fourth-order valence-electron chi connectivity index (χ4n) is 1.16. The van der Waals surface area contributed by atoms with Gasteiger partial charge in [0.05, 0.1) is 11.9 Å². The molecule has 0 atom stereocenters. The molecule has 0 unspecified atom stereocenters.